The molecule has 1 aromatic rings. The van der Waals surface area contributed by atoms with Gasteiger partial charge < -0.3 is 10.8 Å². The number of aromatic nitrogens is 2. The van der Waals surface area contributed by atoms with E-state index in [1.807, 2.05) is 0 Å². The highest BCUT2D eigenvalue weighted by molar-refractivity contribution is 5.66. The van der Waals surface area contributed by atoms with Crippen molar-refractivity contribution < 1.29 is 9.90 Å². The Balaban J connectivity index is 2.55. The molecule has 0 saturated heterocycles. The molecule has 106 valence electrons. The maximum atomic E-state index is 11.0. The van der Waals surface area contributed by atoms with E-state index in [-0.39, 0.29) is 12.0 Å². The summed E-state index contributed by atoms with van der Waals surface area (Å²) in [6.45, 7) is 6.89. The smallest absolute Gasteiger partial charge is 0.325 e. The van der Waals surface area contributed by atoms with Crippen LogP contribution >= 0.6 is 0 Å². The van der Waals surface area contributed by atoms with Crippen LogP contribution in [0.2, 0.25) is 0 Å². The second-order valence-corrected chi connectivity index (χ2v) is 6.34. The summed E-state index contributed by atoms with van der Waals surface area (Å²) in [5.41, 5.74) is 9.10. The Morgan fingerprint density at radius 1 is 1.53 bits per heavy atom. The van der Waals surface area contributed by atoms with Gasteiger partial charge in [0.15, 0.2) is 0 Å². The highest BCUT2D eigenvalue weighted by atomic mass is 16.4. The Labute approximate surface area is 113 Å². The zero-order valence-corrected chi connectivity index (χ0v) is 11.9. The highest BCUT2D eigenvalue weighted by Gasteiger charge is 2.32. The predicted octanol–water partition coefficient (Wildman–Crippen LogP) is 1.64. The summed E-state index contributed by atoms with van der Waals surface area (Å²) in [5.74, 6) is -0.527. The normalized spacial score (nSPS) is 19.3. The number of hydrogen-bond acceptors (Lipinski definition) is 3. The number of rotatable bonds is 3. The van der Waals surface area contributed by atoms with Gasteiger partial charge in [-0.15, -0.1) is 0 Å². The van der Waals surface area contributed by atoms with Gasteiger partial charge in [0.05, 0.1) is 5.69 Å². The summed E-state index contributed by atoms with van der Waals surface area (Å²) in [6, 6.07) is 0. The van der Waals surface area contributed by atoms with Crippen molar-refractivity contribution in [2.24, 2.45) is 5.73 Å². The van der Waals surface area contributed by atoms with Gasteiger partial charge in [-0.2, -0.15) is 5.10 Å². The van der Waals surface area contributed by atoms with Gasteiger partial charge in [-0.3, -0.25) is 9.48 Å². The van der Waals surface area contributed by atoms with E-state index in [4.69, 9.17) is 10.8 Å². The van der Waals surface area contributed by atoms with Crippen molar-refractivity contribution >= 4 is 5.97 Å². The van der Waals surface area contributed by atoms with Crippen molar-refractivity contribution in [2.75, 3.05) is 6.54 Å². The molecule has 0 aliphatic heterocycles. The molecule has 0 bridgehead atoms. The molecule has 0 saturated carbocycles. The van der Waals surface area contributed by atoms with Gasteiger partial charge >= 0.3 is 5.97 Å². The summed E-state index contributed by atoms with van der Waals surface area (Å²) in [7, 11) is 0. The molecule has 5 heteroatoms. The van der Waals surface area contributed by atoms with Gasteiger partial charge in [0.2, 0.25) is 0 Å². The standard InChI is InChI=1S/C14H23N3O2/c1-14(2,3)13-12-9(7-15)5-4-6-10(12)17(16-13)8-11(18)19/h9H,4-8,15H2,1-3H3,(H,18,19). The molecular formula is C14H23N3O2. The third-order valence-electron chi connectivity index (χ3n) is 3.75. The number of nitrogens with two attached hydrogens (primary N) is 1. The van der Waals surface area contributed by atoms with E-state index < -0.39 is 5.97 Å². The number of fused-ring (bicyclic) bond motifs is 1. The van der Waals surface area contributed by atoms with Gasteiger partial charge in [-0.05, 0) is 31.7 Å². The first-order chi connectivity index (χ1) is 8.84. The zero-order valence-electron chi connectivity index (χ0n) is 11.9. The van der Waals surface area contributed by atoms with Gasteiger partial charge in [-0.25, -0.2) is 0 Å². The summed E-state index contributed by atoms with van der Waals surface area (Å²) in [6.07, 6.45) is 3.04. The number of carboxylic acids is 1. The number of nitrogens with zero attached hydrogens (tertiary/aromatic N) is 2. The predicted molar refractivity (Wildman–Crippen MR) is 73.3 cm³/mol. The average molecular weight is 265 g/mol. The largest absolute Gasteiger partial charge is 0.480 e. The van der Waals surface area contributed by atoms with Crippen LogP contribution in [0.5, 0.6) is 0 Å². The van der Waals surface area contributed by atoms with Crippen LogP contribution in [0.15, 0.2) is 0 Å². The van der Waals surface area contributed by atoms with Crippen LogP contribution in [0.1, 0.15) is 56.5 Å². The van der Waals surface area contributed by atoms with E-state index in [1.165, 1.54) is 5.56 Å². The molecule has 0 amide bonds. The quantitative estimate of drug-likeness (QED) is 0.870. The van der Waals surface area contributed by atoms with Crippen molar-refractivity contribution in [3.05, 3.63) is 17.0 Å². The minimum Gasteiger partial charge on any atom is -0.480 e. The van der Waals surface area contributed by atoms with Crippen LogP contribution in [0.25, 0.3) is 0 Å². The first-order valence-electron chi connectivity index (χ1n) is 6.86. The lowest BCUT2D eigenvalue weighted by Gasteiger charge is -2.26. The van der Waals surface area contributed by atoms with Gasteiger partial charge in [0.1, 0.15) is 6.54 Å². The molecule has 5 nitrogen and oxygen atoms in total. The first kappa shape index (κ1) is 14.1. The summed E-state index contributed by atoms with van der Waals surface area (Å²) >= 11 is 0. The lowest BCUT2D eigenvalue weighted by atomic mass is 9.79. The maximum absolute atomic E-state index is 11.0. The van der Waals surface area contributed by atoms with Crippen LogP contribution in [0, 0.1) is 0 Å². The monoisotopic (exact) mass is 265 g/mol. The second kappa shape index (κ2) is 4.96. The fourth-order valence-electron chi connectivity index (χ4n) is 2.91. The van der Waals surface area contributed by atoms with Crippen LogP contribution < -0.4 is 5.73 Å². The van der Waals surface area contributed by atoms with Crippen LogP contribution in [-0.4, -0.2) is 27.4 Å². The minimum absolute atomic E-state index is 0.0598. The molecule has 1 atom stereocenters. The number of carbonyl (C=O) groups is 1. The van der Waals surface area contributed by atoms with E-state index in [9.17, 15) is 4.79 Å². The Hall–Kier alpha value is -1.36. The first-order valence-corrected chi connectivity index (χ1v) is 6.86. The van der Waals surface area contributed by atoms with Crippen molar-refractivity contribution in [3.63, 3.8) is 0 Å². The Kier molecular flexibility index (Phi) is 3.67. The fourth-order valence-corrected chi connectivity index (χ4v) is 2.91. The molecule has 2 rings (SSSR count). The summed E-state index contributed by atoms with van der Waals surface area (Å²) < 4.78 is 1.67. The van der Waals surface area contributed by atoms with Crippen LogP contribution in [0.3, 0.4) is 0 Å². The Morgan fingerprint density at radius 2 is 2.21 bits per heavy atom. The van der Waals surface area contributed by atoms with Crippen LogP contribution in [0.4, 0.5) is 0 Å². The van der Waals surface area contributed by atoms with Crippen molar-refractivity contribution in [2.45, 2.75) is 57.9 Å². The Morgan fingerprint density at radius 3 is 2.74 bits per heavy atom. The third kappa shape index (κ3) is 2.66. The molecule has 0 radical (unpaired) electrons. The lowest BCUT2D eigenvalue weighted by Crippen LogP contribution is -2.23. The van der Waals surface area contributed by atoms with E-state index in [0.717, 1.165) is 30.7 Å². The zero-order chi connectivity index (χ0) is 14.2. The van der Waals surface area contributed by atoms with E-state index in [0.29, 0.717) is 12.5 Å². The molecule has 1 unspecified atom stereocenters. The second-order valence-electron chi connectivity index (χ2n) is 6.34. The molecule has 19 heavy (non-hydrogen) atoms. The fraction of sp³-hybridized carbons (Fsp3) is 0.714. The molecule has 1 aliphatic rings. The van der Waals surface area contributed by atoms with Gasteiger partial charge in [0, 0.05) is 16.7 Å². The van der Waals surface area contributed by atoms with Crippen molar-refractivity contribution in [1.29, 1.82) is 0 Å². The molecule has 0 fully saturated rings. The SMILES string of the molecule is CC(C)(C)c1nn(CC(=O)O)c2c1C(CN)CCC2. The molecular weight excluding hydrogens is 242 g/mol. The van der Waals surface area contributed by atoms with Crippen molar-refractivity contribution in [3.8, 4) is 0 Å². The number of carboxylic acid groups (broad SMARTS) is 1. The van der Waals surface area contributed by atoms with Gasteiger partial charge in [0.25, 0.3) is 0 Å². The van der Waals surface area contributed by atoms with E-state index in [1.54, 1.807) is 4.68 Å². The van der Waals surface area contributed by atoms with Gasteiger partial charge in [-0.1, -0.05) is 20.8 Å². The number of hydrogen-bond donors (Lipinski definition) is 2. The third-order valence-corrected chi connectivity index (χ3v) is 3.75. The molecule has 0 aromatic carbocycles. The van der Waals surface area contributed by atoms with Crippen molar-refractivity contribution in [1.82, 2.24) is 9.78 Å². The van der Waals surface area contributed by atoms with Crippen LogP contribution in [-0.2, 0) is 23.2 Å². The topological polar surface area (TPSA) is 81.1 Å². The molecule has 1 aliphatic carbocycles. The molecule has 1 heterocycles. The van der Waals surface area contributed by atoms with E-state index in [2.05, 4.69) is 25.9 Å². The maximum Gasteiger partial charge on any atom is 0.325 e. The highest BCUT2D eigenvalue weighted by Crippen LogP contribution is 2.38. The van der Waals surface area contributed by atoms with E-state index >= 15 is 0 Å². The molecule has 3 N–H and O–H groups in total. The molecule has 1 aromatic heterocycles. The average Bonchev–Trinajstić information content (AvgIpc) is 2.67. The minimum atomic E-state index is -0.847. The Bertz CT molecular complexity index is 486. The number of aliphatic carboxylic acids is 1. The lowest BCUT2D eigenvalue weighted by molar-refractivity contribution is -0.137. The summed E-state index contributed by atoms with van der Waals surface area (Å²) in [5, 5.41) is 13.6. The summed E-state index contributed by atoms with van der Waals surface area (Å²) in [4.78, 5) is 11.0. The molecule has 0 spiro atoms.